The molecule has 0 saturated heterocycles. The van der Waals surface area contributed by atoms with E-state index in [0.29, 0.717) is 0 Å². The number of ketones is 1. The second kappa shape index (κ2) is 3.02. The molecule has 0 aliphatic heterocycles. The highest BCUT2D eigenvalue weighted by molar-refractivity contribution is 6.15. The van der Waals surface area contributed by atoms with Crippen LogP contribution in [0.5, 0.6) is 0 Å². The molecule has 0 aliphatic carbocycles. The third-order valence-corrected chi connectivity index (χ3v) is 0.898. The van der Waals surface area contributed by atoms with Crippen molar-refractivity contribution in [3.63, 3.8) is 0 Å². The first-order valence-electron chi connectivity index (χ1n) is 2.50. The summed E-state index contributed by atoms with van der Waals surface area (Å²) in [7, 11) is 0. The Labute approximate surface area is 53.0 Å². The molecular weight excluding hydrogens is 120 g/mol. The second-order valence-electron chi connectivity index (χ2n) is 1.56. The molecule has 0 heterocycles. The second-order valence-corrected chi connectivity index (χ2v) is 1.56. The summed E-state index contributed by atoms with van der Waals surface area (Å²) < 4.78 is 0. The largest absolute Gasteiger partial charge is 0.478 e. The summed E-state index contributed by atoms with van der Waals surface area (Å²) in [5.74, 6) is -1.57. The van der Waals surface area contributed by atoms with Crippen LogP contribution < -0.4 is 0 Å². The predicted molar refractivity (Wildman–Crippen MR) is 32.1 cm³/mol. The van der Waals surface area contributed by atoms with Gasteiger partial charge in [-0.3, -0.25) is 4.79 Å². The van der Waals surface area contributed by atoms with E-state index in [4.69, 9.17) is 5.11 Å². The molecule has 0 aliphatic rings. The molecule has 50 valence electrons. The van der Waals surface area contributed by atoms with Gasteiger partial charge >= 0.3 is 5.97 Å². The van der Waals surface area contributed by atoms with Crippen molar-refractivity contribution in [3.8, 4) is 0 Å². The van der Waals surface area contributed by atoms with Crippen molar-refractivity contribution in [2.45, 2.75) is 13.8 Å². The van der Waals surface area contributed by atoms with E-state index in [-0.39, 0.29) is 5.57 Å². The van der Waals surface area contributed by atoms with Crippen molar-refractivity contribution in [1.29, 1.82) is 0 Å². The molecule has 0 saturated carbocycles. The van der Waals surface area contributed by atoms with Gasteiger partial charge in [0.05, 0.1) is 5.57 Å². The predicted octanol–water partition coefficient (Wildman–Crippen LogP) is 0.606. The summed E-state index contributed by atoms with van der Waals surface area (Å²) >= 11 is 0. The SMILES string of the molecule is C/C=C(/C(C)=O)C(=O)O. The van der Waals surface area contributed by atoms with Crippen LogP contribution in [-0.4, -0.2) is 16.9 Å². The minimum Gasteiger partial charge on any atom is -0.478 e. The van der Waals surface area contributed by atoms with E-state index in [9.17, 15) is 9.59 Å². The number of Topliss-reactive ketones (excluding diaryl/α,β-unsaturated/α-hetero) is 1. The third-order valence-electron chi connectivity index (χ3n) is 0.898. The maximum absolute atomic E-state index is 10.4. The lowest BCUT2D eigenvalue weighted by Crippen LogP contribution is -2.07. The zero-order chi connectivity index (χ0) is 7.44. The molecule has 0 fully saturated rings. The van der Waals surface area contributed by atoms with Crippen molar-refractivity contribution in [2.75, 3.05) is 0 Å². The van der Waals surface area contributed by atoms with Crippen molar-refractivity contribution >= 4 is 11.8 Å². The molecule has 0 rings (SSSR count). The molecular formula is C6H8O3. The number of carbonyl (C=O) groups is 2. The smallest absolute Gasteiger partial charge is 0.338 e. The highest BCUT2D eigenvalue weighted by atomic mass is 16.4. The number of hydrogen-bond donors (Lipinski definition) is 1. The van der Waals surface area contributed by atoms with E-state index < -0.39 is 11.8 Å². The van der Waals surface area contributed by atoms with Gasteiger partial charge in [-0.25, -0.2) is 4.79 Å². The van der Waals surface area contributed by atoms with Gasteiger partial charge in [-0.1, -0.05) is 6.08 Å². The third kappa shape index (κ3) is 2.08. The van der Waals surface area contributed by atoms with Crippen molar-refractivity contribution in [2.24, 2.45) is 0 Å². The number of rotatable bonds is 2. The molecule has 0 radical (unpaired) electrons. The van der Waals surface area contributed by atoms with Gasteiger partial charge in [-0.15, -0.1) is 0 Å². The van der Waals surface area contributed by atoms with E-state index >= 15 is 0 Å². The zero-order valence-corrected chi connectivity index (χ0v) is 5.34. The van der Waals surface area contributed by atoms with Crippen LogP contribution in [0.15, 0.2) is 11.6 Å². The zero-order valence-electron chi connectivity index (χ0n) is 5.34. The van der Waals surface area contributed by atoms with Gasteiger partial charge in [0, 0.05) is 0 Å². The molecule has 1 N–H and O–H groups in total. The van der Waals surface area contributed by atoms with Crippen LogP contribution in [0.3, 0.4) is 0 Å². The van der Waals surface area contributed by atoms with Gasteiger partial charge in [0.2, 0.25) is 0 Å². The lowest BCUT2D eigenvalue weighted by Gasteiger charge is -1.90. The summed E-state index contributed by atoms with van der Waals surface area (Å²) in [5.41, 5.74) is -0.157. The Balaban J connectivity index is 4.38. The summed E-state index contributed by atoms with van der Waals surface area (Å²) in [6.07, 6.45) is 1.28. The first-order valence-corrected chi connectivity index (χ1v) is 2.50. The van der Waals surface area contributed by atoms with Gasteiger partial charge in [0.15, 0.2) is 5.78 Å². The van der Waals surface area contributed by atoms with Gasteiger partial charge in [0.1, 0.15) is 0 Å². The molecule has 9 heavy (non-hydrogen) atoms. The number of carboxylic acids is 1. The van der Waals surface area contributed by atoms with E-state index in [1.54, 1.807) is 0 Å². The highest BCUT2D eigenvalue weighted by Crippen LogP contribution is 1.94. The molecule has 0 aromatic heterocycles. The normalized spacial score (nSPS) is 11.1. The van der Waals surface area contributed by atoms with Gasteiger partial charge < -0.3 is 5.11 Å². The fourth-order valence-corrected chi connectivity index (χ4v) is 0.477. The Kier molecular flexibility index (Phi) is 2.64. The minimum atomic E-state index is -1.16. The first kappa shape index (κ1) is 7.88. The average molecular weight is 128 g/mol. The Bertz CT molecular complexity index is 151. The summed E-state index contributed by atoms with van der Waals surface area (Å²) in [6.45, 7) is 2.74. The number of hydrogen-bond acceptors (Lipinski definition) is 2. The summed E-state index contributed by atoms with van der Waals surface area (Å²) in [6, 6.07) is 0. The number of carbonyl (C=O) groups excluding carboxylic acids is 1. The molecule has 0 atom stereocenters. The monoisotopic (exact) mass is 128 g/mol. The van der Waals surface area contributed by atoms with E-state index in [2.05, 4.69) is 0 Å². The fraction of sp³-hybridized carbons (Fsp3) is 0.333. The standard InChI is InChI=1S/C6H8O3/c1-3-5(4(2)7)6(8)9/h3H,1-2H3,(H,8,9)/b5-3-. The molecule has 0 unspecified atom stereocenters. The maximum atomic E-state index is 10.4. The molecule has 3 nitrogen and oxygen atoms in total. The molecule has 0 amide bonds. The molecule has 0 spiro atoms. The van der Waals surface area contributed by atoms with E-state index in [0.717, 1.165) is 0 Å². The van der Waals surface area contributed by atoms with Gasteiger partial charge in [0.25, 0.3) is 0 Å². The maximum Gasteiger partial charge on any atom is 0.338 e. The average Bonchev–Trinajstić information content (AvgIpc) is 1.64. The van der Waals surface area contributed by atoms with Gasteiger partial charge in [-0.05, 0) is 13.8 Å². The van der Waals surface area contributed by atoms with Crippen LogP contribution in [0, 0.1) is 0 Å². The number of carboxylic acid groups (broad SMARTS) is 1. The summed E-state index contributed by atoms with van der Waals surface area (Å²) in [4.78, 5) is 20.5. The number of allylic oxidation sites excluding steroid dienone is 1. The Morgan fingerprint density at radius 3 is 1.89 bits per heavy atom. The van der Waals surface area contributed by atoms with Crippen LogP contribution >= 0.6 is 0 Å². The Morgan fingerprint density at radius 2 is 1.89 bits per heavy atom. The molecule has 0 aromatic carbocycles. The van der Waals surface area contributed by atoms with E-state index in [1.807, 2.05) is 0 Å². The van der Waals surface area contributed by atoms with Gasteiger partial charge in [-0.2, -0.15) is 0 Å². The fourth-order valence-electron chi connectivity index (χ4n) is 0.477. The van der Waals surface area contributed by atoms with Crippen LogP contribution in [0.2, 0.25) is 0 Å². The Hall–Kier alpha value is -1.12. The van der Waals surface area contributed by atoms with Crippen molar-refractivity contribution < 1.29 is 14.7 Å². The first-order chi connectivity index (χ1) is 4.09. The van der Waals surface area contributed by atoms with Crippen LogP contribution in [0.25, 0.3) is 0 Å². The topological polar surface area (TPSA) is 54.4 Å². The van der Waals surface area contributed by atoms with Crippen molar-refractivity contribution in [3.05, 3.63) is 11.6 Å². The van der Waals surface area contributed by atoms with Crippen LogP contribution in [0.4, 0.5) is 0 Å². The van der Waals surface area contributed by atoms with Crippen LogP contribution in [0.1, 0.15) is 13.8 Å². The lowest BCUT2D eigenvalue weighted by molar-refractivity contribution is -0.134. The van der Waals surface area contributed by atoms with E-state index in [1.165, 1.54) is 19.9 Å². The Morgan fingerprint density at radius 1 is 1.44 bits per heavy atom. The molecule has 0 aromatic rings. The molecule has 0 bridgehead atoms. The van der Waals surface area contributed by atoms with Crippen LogP contribution in [-0.2, 0) is 9.59 Å². The summed E-state index contributed by atoms with van der Waals surface area (Å²) in [5, 5.41) is 8.25. The lowest BCUT2D eigenvalue weighted by atomic mass is 10.2. The molecule has 3 heteroatoms. The van der Waals surface area contributed by atoms with Crippen molar-refractivity contribution in [1.82, 2.24) is 0 Å². The number of aliphatic carboxylic acids is 1. The highest BCUT2D eigenvalue weighted by Gasteiger charge is 2.09. The minimum absolute atomic E-state index is 0.157. The quantitative estimate of drug-likeness (QED) is 0.336.